The fourth-order valence-electron chi connectivity index (χ4n) is 1.83. The van der Waals surface area contributed by atoms with Crippen molar-refractivity contribution in [3.05, 3.63) is 58.6 Å². The van der Waals surface area contributed by atoms with Gasteiger partial charge in [0.15, 0.2) is 5.78 Å². The minimum Gasteiger partial charge on any atom is -0.496 e. The van der Waals surface area contributed by atoms with Crippen LogP contribution in [0.1, 0.15) is 22.8 Å². The maximum absolute atomic E-state index is 11.5. The highest BCUT2D eigenvalue weighted by Crippen LogP contribution is 2.30. The summed E-state index contributed by atoms with van der Waals surface area (Å²) >= 11 is 7.63. The number of halogens is 1. The Balaban J connectivity index is 2.19. The Kier molecular flexibility index (Phi) is 5.10. The number of ketones is 1. The Morgan fingerprint density at radius 2 is 2.05 bits per heavy atom. The van der Waals surface area contributed by atoms with Gasteiger partial charge in [-0.2, -0.15) is 0 Å². The second-order valence-corrected chi connectivity index (χ2v) is 5.81. The molecule has 0 aliphatic heterocycles. The molecule has 0 N–H and O–H groups in total. The van der Waals surface area contributed by atoms with E-state index in [0.717, 1.165) is 27.0 Å². The molecule has 2 aromatic rings. The Labute approximate surface area is 128 Å². The standard InChI is InChI=1S/C16H15ClO2S/c1-11(18)12-6-7-16(19-2)13(8-12)10-20-15-5-3-4-14(17)9-15/h3-9H,10H2,1-2H3. The number of rotatable bonds is 5. The highest BCUT2D eigenvalue weighted by Gasteiger charge is 2.08. The number of thioether (sulfide) groups is 1. The summed E-state index contributed by atoms with van der Waals surface area (Å²) in [6, 6.07) is 13.2. The van der Waals surface area contributed by atoms with Crippen LogP contribution in [0.5, 0.6) is 5.75 Å². The number of hydrogen-bond donors (Lipinski definition) is 0. The van der Waals surface area contributed by atoms with Gasteiger partial charge in [0.25, 0.3) is 0 Å². The minimum atomic E-state index is 0.0571. The van der Waals surface area contributed by atoms with Gasteiger partial charge in [-0.3, -0.25) is 4.79 Å². The lowest BCUT2D eigenvalue weighted by atomic mass is 10.1. The molecule has 0 radical (unpaired) electrons. The number of Topliss-reactive ketones (excluding diaryl/α,β-unsaturated/α-hetero) is 1. The van der Waals surface area contributed by atoms with E-state index in [4.69, 9.17) is 16.3 Å². The summed E-state index contributed by atoms with van der Waals surface area (Å²) in [5, 5.41) is 0.722. The lowest BCUT2D eigenvalue weighted by molar-refractivity contribution is 0.101. The molecule has 0 aliphatic rings. The van der Waals surface area contributed by atoms with E-state index in [2.05, 4.69) is 0 Å². The van der Waals surface area contributed by atoms with E-state index < -0.39 is 0 Å². The van der Waals surface area contributed by atoms with Crippen molar-refractivity contribution < 1.29 is 9.53 Å². The van der Waals surface area contributed by atoms with Gasteiger partial charge in [0.2, 0.25) is 0 Å². The third-order valence-electron chi connectivity index (χ3n) is 2.88. The molecule has 104 valence electrons. The van der Waals surface area contributed by atoms with Gasteiger partial charge in [-0.25, -0.2) is 0 Å². The monoisotopic (exact) mass is 306 g/mol. The van der Waals surface area contributed by atoms with Crippen LogP contribution in [-0.2, 0) is 5.75 Å². The summed E-state index contributed by atoms with van der Waals surface area (Å²) in [6.45, 7) is 1.57. The Hall–Kier alpha value is -1.45. The van der Waals surface area contributed by atoms with E-state index in [1.165, 1.54) is 0 Å². The fraction of sp³-hybridized carbons (Fsp3) is 0.188. The molecular weight excluding hydrogens is 292 g/mol. The van der Waals surface area contributed by atoms with Gasteiger partial charge in [-0.1, -0.05) is 17.7 Å². The number of carbonyl (C=O) groups is 1. The van der Waals surface area contributed by atoms with Crippen LogP contribution in [0.4, 0.5) is 0 Å². The predicted molar refractivity (Wildman–Crippen MR) is 84.0 cm³/mol. The predicted octanol–water partition coefficient (Wildman–Crippen LogP) is 4.84. The summed E-state index contributed by atoms with van der Waals surface area (Å²) in [6.07, 6.45) is 0. The molecule has 0 aromatic heterocycles. The zero-order valence-electron chi connectivity index (χ0n) is 11.4. The van der Waals surface area contributed by atoms with E-state index in [0.29, 0.717) is 5.56 Å². The summed E-state index contributed by atoms with van der Waals surface area (Å²) in [4.78, 5) is 12.5. The Morgan fingerprint density at radius 3 is 2.70 bits per heavy atom. The van der Waals surface area contributed by atoms with Gasteiger partial charge >= 0.3 is 0 Å². The van der Waals surface area contributed by atoms with Crippen LogP contribution < -0.4 is 4.74 Å². The van der Waals surface area contributed by atoms with Crippen LogP contribution >= 0.6 is 23.4 Å². The zero-order valence-corrected chi connectivity index (χ0v) is 12.9. The average Bonchev–Trinajstić information content (AvgIpc) is 2.44. The first-order chi connectivity index (χ1) is 9.60. The average molecular weight is 307 g/mol. The third kappa shape index (κ3) is 3.78. The quantitative estimate of drug-likeness (QED) is 0.584. The third-order valence-corrected chi connectivity index (χ3v) is 4.16. The summed E-state index contributed by atoms with van der Waals surface area (Å²) in [7, 11) is 1.64. The van der Waals surface area contributed by atoms with Gasteiger partial charge in [0.05, 0.1) is 7.11 Å². The highest BCUT2D eigenvalue weighted by atomic mass is 35.5. The van der Waals surface area contributed by atoms with Crippen LogP contribution in [0.3, 0.4) is 0 Å². The molecule has 0 spiro atoms. The van der Waals surface area contributed by atoms with E-state index in [1.54, 1.807) is 31.9 Å². The molecule has 2 nitrogen and oxygen atoms in total. The van der Waals surface area contributed by atoms with Crippen molar-refractivity contribution >= 4 is 29.1 Å². The molecular formula is C16H15ClO2S. The Bertz CT molecular complexity index is 626. The largest absolute Gasteiger partial charge is 0.496 e. The van der Waals surface area contributed by atoms with E-state index in [-0.39, 0.29) is 5.78 Å². The second kappa shape index (κ2) is 6.82. The van der Waals surface area contributed by atoms with Crippen molar-refractivity contribution in [2.24, 2.45) is 0 Å². The maximum Gasteiger partial charge on any atom is 0.159 e. The first kappa shape index (κ1) is 14.9. The first-order valence-electron chi connectivity index (χ1n) is 6.16. The second-order valence-electron chi connectivity index (χ2n) is 4.33. The number of methoxy groups -OCH3 is 1. The fourth-order valence-corrected chi connectivity index (χ4v) is 3.02. The maximum atomic E-state index is 11.5. The van der Waals surface area contributed by atoms with Gasteiger partial charge < -0.3 is 4.74 Å². The molecule has 0 aliphatic carbocycles. The molecule has 0 fully saturated rings. The molecule has 0 bridgehead atoms. The minimum absolute atomic E-state index is 0.0571. The number of hydrogen-bond acceptors (Lipinski definition) is 3. The van der Waals surface area contributed by atoms with Gasteiger partial charge in [0, 0.05) is 26.8 Å². The SMILES string of the molecule is COc1ccc(C(C)=O)cc1CSc1cccc(Cl)c1. The molecule has 2 rings (SSSR count). The molecule has 20 heavy (non-hydrogen) atoms. The van der Waals surface area contributed by atoms with E-state index in [9.17, 15) is 4.79 Å². The topological polar surface area (TPSA) is 26.3 Å². The van der Waals surface area contributed by atoms with Gasteiger partial charge in [-0.15, -0.1) is 11.8 Å². The lowest BCUT2D eigenvalue weighted by Crippen LogP contribution is -1.96. The van der Waals surface area contributed by atoms with Gasteiger partial charge in [0.1, 0.15) is 5.75 Å². The molecule has 0 saturated heterocycles. The Morgan fingerprint density at radius 1 is 1.25 bits per heavy atom. The normalized spacial score (nSPS) is 10.3. The van der Waals surface area contributed by atoms with Crippen LogP contribution in [0.25, 0.3) is 0 Å². The van der Waals surface area contributed by atoms with Crippen molar-refractivity contribution in [2.75, 3.05) is 7.11 Å². The van der Waals surface area contributed by atoms with E-state index in [1.807, 2.05) is 36.4 Å². The van der Waals surface area contributed by atoms with E-state index >= 15 is 0 Å². The van der Waals surface area contributed by atoms with Crippen LogP contribution in [-0.4, -0.2) is 12.9 Å². The van der Waals surface area contributed by atoms with Crippen LogP contribution in [0.15, 0.2) is 47.4 Å². The molecule has 0 amide bonds. The number of benzene rings is 2. The smallest absolute Gasteiger partial charge is 0.159 e. The lowest BCUT2D eigenvalue weighted by Gasteiger charge is -2.10. The molecule has 4 heteroatoms. The number of carbonyl (C=O) groups excluding carboxylic acids is 1. The molecule has 0 unspecified atom stereocenters. The van der Waals surface area contributed by atoms with Crippen molar-refractivity contribution in [2.45, 2.75) is 17.6 Å². The first-order valence-corrected chi connectivity index (χ1v) is 7.52. The van der Waals surface area contributed by atoms with Crippen molar-refractivity contribution in [3.8, 4) is 5.75 Å². The molecule has 0 heterocycles. The summed E-state index contributed by atoms with van der Waals surface area (Å²) in [5.74, 6) is 1.58. The number of ether oxygens (including phenoxy) is 1. The highest BCUT2D eigenvalue weighted by molar-refractivity contribution is 7.98. The van der Waals surface area contributed by atoms with Crippen molar-refractivity contribution in [3.63, 3.8) is 0 Å². The van der Waals surface area contributed by atoms with Gasteiger partial charge in [-0.05, 0) is 43.3 Å². The van der Waals surface area contributed by atoms with Crippen molar-refractivity contribution in [1.82, 2.24) is 0 Å². The summed E-state index contributed by atoms with van der Waals surface area (Å²) in [5.41, 5.74) is 1.71. The zero-order chi connectivity index (χ0) is 14.5. The van der Waals surface area contributed by atoms with Crippen LogP contribution in [0.2, 0.25) is 5.02 Å². The molecule has 2 aromatic carbocycles. The summed E-state index contributed by atoms with van der Waals surface area (Å²) < 4.78 is 5.34. The van der Waals surface area contributed by atoms with Crippen molar-refractivity contribution in [1.29, 1.82) is 0 Å². The van der Waals surface area contributed by atoms with Crippen LogP contribution in [0, 0.1) is 0 Å². The molecule has 0 atom stereocenters. The molecule has 0 saturated carbocycles.